The Balaban J connectivity index is 2.63. The largest absolute Gasteiger partial charge is 0.302 e. The molecule has 1 rings (SSSR count). The number of rotatable bonds is 6. The van der Waals surface area contributed by atoms with Crippen molar-refractivity contribution in [2.24, 2.45) is 5.41 Å². The second-order valence-electron chi connectivity index (χ2n) is 7.56. The summed E-state index contributed by atoms with van der Waals surface area (Å²) < 4.78 is 0. The average Bonchev–Trinajstić information content (AvgIpc) is 2.35. The monoisotopic (exact) mass is 307 g/mol. The van der Waals surface area contributed by atoms with E-state index in [9.17, 15) is 4.79 Å². The fraction of sp³-hybridized carbons (Fsp3) is 0.611. The number of nitrogens with one attached hydrogen (secondary N) is 1. The first-order chi connectivity index (χ1) is 9.59. The van der Waals surface area contributed by atoms with E-state index in [4.69, 9.17) is 0 Å². The van der Waals surface area contributed by atoms with Crippen LogP contribution < -0.4 is 5.32 Å². The van der Waals surface area contributed by atoms with E-state index >= 15 is 0 Å². The zero-order valence-electron chi connectivity index (χ0n) is 14.2. The third-order valence-electron chi connectivity index (χ3n) is 3.06. The average molecular weight is 308 g/mol. The predicted molar refractivity (Wildman–Crippen MR) is 93.7 cm³/mol. The van der Waals surface area contributed by atoms with Crippen LogP contribution in [0.15, 0.2) is 30.3 Å². The van der Waals surface area contributed by atoms with Gasteiger partial charge in [-0.25, -0.2) is 0 Å². The van der Waals surface area contributed by atoms with Gasteiger partial charge in [0.1, 0.15) is 0 Å². The second kappa shape index (κ2) is 7.46. The molecule has 21 heavy (non-hydrogen) atoms. The molecule has 0 heterocycles. The Hall–Kier alpha value is -0.800. The van der Waals surface area contributed by atoms with Gasteiger partial charge in [0.2, 0.25) is 0 Å². The Kier molecular flexibility index (Phi) is 6.48. The van der Waals surface area contributed by atoms with Crippen LogP contribution >= 0.6 is 11.8 Å². The highest BCUT2D eigenvalue weighted by atomic mass is 32.2. The Morgan fingerprint density at radius 3 is 2.14 bits per heavy atom. The summed E-state index contributed by atoms with van der Waals surface area (Å²) in [5.41, 5.74) is 0.940. The Labute approximate surface area is 134 Å². The number of hydrogen-bond acceptors (Lipinski definition) is 3. The van der Waals surface area contributed by atoms with Crippen LogP contribution in [0, 0.1) is 5.41 Å². The smallest absolute Gasteiger partial charge is 0.155 e. The molecule has 1 N–H and O–H groups in total. The Morgan fingerprint density at radius 1 is 1.10 bits per heavy atom. The number of benzene rings is 1. The van der Waals surface area contributed by atoms with Crippen LogP contribution in [-0.4, -0.2) is 23.1 Å². The standard InChI is InChI=1S/C18H29NOS/c1-17(2,3)16(20)15(19-18(4,5)6)13-21-12-14-10-8-7-9-11-14/h7-11,15,19H,12-13H2,1-6H3. The van der Waals surface area contributed by atoms with Crippen LogP contribution in [0.3, 0.4) is 0 Å². The molecule has 1 atom stereocenters. The summed E-state index contributed by atoms with van der Waals surface area (Å²) >= 11 is 1.82. The van der Waals surface area contributed by atoms with Gasteiger partial charge in [0, 0.05) is 22.5 Å². The van der Waals surface area contributed by atoms with E-state index in [1.54, 1.807) is 0 Å². The molecule has 1 aromatic carbocycles. The zero-order chi connectivity index (χ0) is 16.1. The lowest BCUT2D eigenvalue weighted by Crippen LogP contribution is -2.52. The van der Waals surface area contributed by atoms with E-state index in [1.165, 1.54) is 5.56 Å². The van der Waals surface area contributed by atoms with Gasteiger partial charge in [-0.2, -0.15) is 11.8 Å². The Morgan fingerprint density at radius 2 is 1.67 bits per heavy atom. The summed E-state index contributed by atoms with van der Waals surface area (Å²) in [6.45, 7) is 12.3. The number of carbonyl (C=O) groups is 1. The predicted octanol–water partition coefficient (Wildman–Crippen LogP) is 4.29. The highest BCUT2D eigenvalue weighted by Gasteiger charge is 2.31. The van der Waals surface area contributed by atoms with E-state index in [0.29, 0.717) is 0 Å². The van der Waals surface area contributed by atoms with Crippen LogP contribution in [-0.2, 0) is 10.5 Å². The molecule has 2 nitrogen and oxygen atoms in total. The minimum atomic E-state index is -0.309. The molecule has 0 aromatic heterocycles. The first-order valence-corrected chi connectivity index (χ1v) is 8.69. The van der Waals surface area contributed by atoms with E-state index in [0.717, 1.165) is 11.5 Å². The molecule has 0 spiro atoms. The van der Waals surface area contributed by atoms with Crippen molar-refractivity contribution in [1.82, 2.24) is 5.32 Å². The number of ketones is 1. The van der Waals surface area contributed by atoms with E-state index in [2.05, 4.69) is 50.4 Å². The first kappa shape index (κ1) is 18.2. The number of thioether (sulfide) groups is 1. The molecule has 1 aromatic rings. The number of carbonyl (C=O) groups excluding carboxylic acids is 1. The minimum absolute atomic E-state index is 0.0567. The highest BCUT2D eigenvalue weighted by molar-refractivity contribution is 7.98. The molecule has 0 aliphatic rings. The molecule has 1 unspecified atom stereocenters. The van der Waals surface area contributed by atoms with Crippen molar-refractivity contribution in [2.75, 3.05) is 5.75 Å². The van der Waals surface area contributed by atoms with Crippen molar-refractivity contribution in [2.45, 2.75) is 58.9 Å². The molecule has 0 saturated heterocycles. The molecule has 0 saturated carbocycles. The third-order valence-corrected chi connectivity index (χ3v) is 4.17. The molecule has 0 fully saturated rings. The molecule has 3 heteroatoms. The van der Waals surface area contributed by atoms with Gasteiger partial charge in [-0.3, -0.25) is 4.79 Å². The lowest BCUT2D eigenvalue weighted by molar-refractivity contribution is -0.128. The van der Waals surface area contributed by atoms with Crippen molar-refractivity contribution < 1.29 is 4.79 Å². The molecular formula is C18H29NOS. The highest BCUT2D eigenvalue weighted by Crippen LogP contribution is 2.22. The lowest BCUT2D eigenvalue weighted by atomic mass is 9.86. The molecule has 0 radical (unpaired) electrons. The topological polar surface area (TPSA) is 29.1 Å². The molecule has 0 aliphatic heterocycles. The minimum Gasteiger partial charge on any atom is -0.302 e. The summed E-state index contributed by atoms with van der Waals surface area (Å²) in [6, 6.07) is 10.3. The van der Waals surface area contributed by atoms with Crippen molar-refractivity contribution in [3.05, 3.63) is 35.9 Å². The van der Waals surface area contributed by atoms with E-state index in [1.807, 2.05) is 38.6 Å². The zero-order valence-corrected chi connectivity index (χ0v) is 15.0. The van der Waals surface area contributed by atoms with E-state index in [-0.39, 0.29) is 22.8 Å². The van der Waals surface area contributed by atoms with Crippen molar-refractivity contribution >= 4 is 17.5 Å². The first-order valence-electron chi connectivity index (χ1n) is 7.53. The SMILES string of the molecule is CC(C)(C)NC(CSCc1ccccc1)C(=O)C(C)(C)C. The molecular weight excluding hydrogens is 278 g/mol. The summed E-state index contributed by atoms with van der Waals surface area (Å²) in [7, 11) is 0. The van der Waals surface area contributed by atoms with Gasteiger partial charge in [-0.15, -0.1) is 0 Å². The van der Waals surface area contributed by atoms with Gasteiger partial charge in [0.05, 0.1) is 6.04 Å². The summed E-state index contributed by atoms with van der Waals surface area (Å²) in [5, 5.41) is 3.48. The maximum atomic E-state index is 12.6. The van der Waals surface area contributed by atoms with Gasteiger partial charge < -0.3 is 5.32 Å². The van der Waals surface area contributed by atoms with Crippen molar-refractivity contribution in [1.29, 1.82) is 0 Å². The van der Waals surface area contributed by atoms with Gasteiger partial charge in [0.15, 0.2) is 5.78 Å². The molecule has 0 amide bonds. The summed E-state index contributed by atoms with van der Waals surface area (Å²) in [4.78, 5) is 12.6. The third kappa shape index (κ3) is 7.14. The molecule has 0 bridgehead atoms. The van der Waals surface area contributed by atoms with Crippen LogP contribution in [0.1, 0.15) is 47.1 Å². The summed E-state index contributed by atoms with van der Waals surface area (Å²) in [5.74, 6) is 2.04. The van der Waals surface area contributed by atoms with Gasteiger partial charge in [-0.1, -0.05) is 51.1 Å². The van der Waals surface area contributed by atoms with Crippen LogP contribution in [0.5, 0.6) is 0 Å². The molecule has 0 aliphatic carbocycles. The van der Waals surface area contributed by atoms with Gasteiger partial charge in [-0.05, 0) is 26.3 Å². The van der Waals surface area contributed by atoms with E-state index < -0.39 is 0 Å². The maximum Gasteiger partial charge on any atom is 0.155 e. The lowest BCUT2D eigenvalue weighted by Gasteiger charge is -2.31. The number of Topliss-reactive ketones (excluding diaryl/α,β-unsaturated/α-hetero) is 1. The number of hydrogen-bond donors (Lipinski definition) is 1. The fourth-order valence-corrected chi connectivity index (χ4v) is 3.11. The van der Waals surface area contributed by atoms with Crippen LogP contribution in [0.4, 0.5) is 0 Å². The quantitative estimate of drug-likeness (QED) is 0.850. The maximum absolute atomic E-state index is 12.6. The van der Waals surface area contributed by atoms with Gasteiger partial charge >= 0.3 is 0 Å². The normalized spacial score (nSPS) is 14.0. The molecule has 118 valence electrons. The summed E-state index contributed by atoms with van der Waals surface area (Å²) in [6.07, 6.45) is 0. The van der Waals surface area contributed by atoms with Gasteiger partial charge in [0.25, 0.3) is 0 Å². The Bertz CT molecular complexity index is 443. The van der Waals surface area contributed by atoms with Crippen molar-refractivity contribution in [3.8, 4) is 0 Å². The van der Waals surface area contributed by atoms with Crippen molar-refractivity contribution in [3.63, 3.8) is 0 Å². The van der Waals surface area contributed by atoms with Crippen LogP contribution in [0.25, 0.3) is 0 Å². The fourth-order valence-electron chi connectivity index (χ4n) is 2.10. The second-order valence-corrected chi connectivity index (χ2v) is 8.59. The van der Waals surface area contributed by atoms with Crippen LogP contribution in [0.2, 0.25) is 0 Å².